The van der Waals surface area contributed by atoms with Gasteiger partial charge in [0.15, 0.2) is 0 Å². The predicted molar refractivity (Wildman–Crippen MR) is 72.2 cm³/mol. The van der Waals surface area contributed by atoms with Crippen LogP contribution in [0.1, 0.15) is 50.0 Å². The van der Waals surface area contributed by atoms with Gasteiger partial charge in [-0.2, -0.15) is 0 Å². The van der Waals surface area contributed by atoms with E-state index in [0.29, 0.717) is 13.2 Å². The summed E-state index contributed by atoms with van der Waals surface area (Å²) in [5.41, 5.74) is 6.75. The first-order valence-electron chi connectivity index (χ1n) is 7.61. The van der Waals surface area contributed by atoms with E-state index in [4.69, 9.17) is 10.5 Å². The topological polar surface area (TPSA) is 63.9 Å². The third-order valence-electron chi connectivity index (χ3n) is 5.40. The molecule has 4 aliphatic rings. The first kappa shape index (κ1) is 11.9. The quantitative estimate of drug-likeness (QED) is 0.874. The van der Waals surface area contributed by atoms with E-state index in [1.807, 2.05) is 6.20 Å². The van der Waals surface area contributed by atoms with Crippen LogP contribution in [0, 0.1) is 17.8 Å². The molecule has 1 heterocycles. The number of nitrogens with one attached hydrogen (secondary N) is 1. The van der Waals surface area contributed by atoms with Gasteiger partial charge in [0.25, 0.3) is 0 Å². The summed E-state index contributed by atoms with van der Waals surface area (Å²) in [4.78, 5) is 7.58. The zero-order valence-corrected chi connectivity index (χ0v) is 11.4. The number of ether oxygens (including phenoxy) is 1. The van der Waals surface area contributed by atoms with Crippen molar-refractivity contribution in [3.8, 4) is 0 Å². The van der Waals surface area contributed by atoms with Crippen LogP contribution in [0.3, 0.4) is 0 Å². The highest BCUT2D eigenvalue weighted by atomic mass is 16.5. The molecule has 4 saturated carbocycles. The average Bonchev–Trinajstić information content (AvgIpc) is 2.83. The Hall–Kier alpha value is -0.870. The summed E-state index contributed by atoms with van der Waals surface area (Å²) in [6.07, 6.45) is 10.0. The molecule has 1 aromatic heterocycles. The molecule has 0 aliphatic heterocycles. The summed E-state index contributed by atoms with van der Waals surface area (Å²) in [6.45, 7) is 1.14. The molecule has 0 spiro atoms. The van der Waals surface area contributed by atoms with Gasteiger partial charge in [-0.1, -0.05) is 0 Å². The lowest BCUT2D eigenvalue weighted by atomic mass is 9.54. The van der Waals surface area contributed by atoms with Gasteiger partial charge in [0.05, 0.1) is 5.60 Å². The number of imidazole rings is 1. The van der Waals surface area contributed by atoms with Crippen LogP contribution in [0.4, 0.5) is 0 Å². The lowest BCUT2D eigenvalue weighted by Crippen LogP contribution is -2.51. The third kappa shape index (κ3) is 2.11. The van der Waals surface area contributed by atoms with E-state index in [1.165, 1.54) is 38.5 Å². The summed E-state index contributed by atoms with van der Waals surface area (Å²) in [5, 5.41) is 0. The minimum atomic E-state index is 0.171. The van der Waals surface area contributed by atoms with E-state index in [9.17, 15) is 0 Å². The summed E-state index contributed by atoms with van der Waals surface area (Å²) in [5.74, 6) is 3.73. The standard InChI is InChI=1S/C15H23N3O/c16-7-13-8-17-14(18-13)9-19-15-4-10-1-11(5-15)3-12(2-10)6-15/h8,10-12H,1-7,9,16H2,(H,17,18). The largest absolute Gasteiger partial charge is 0.367 e. The monoisotopic (exact) mass is 261 g/mol. The smallest absolute Gasteiger partial charge is 0.132 e. The van der Waals surface area contributed by atoms with Crippen molar-refractivity contribution in [2.24, 2.45) is 23.5 Å². The van der Waals surface area contributed by atoms with Crippen LogP contribution < -0.4 is 5.73 Å². The lowest BCUT2D eigenvalue weighted by molar-refractivity contribution is -0.169. The lowest BCUT2D eigenvalue weighted by Gasteiger charge is -2.56. The van der Waals surface area contributed by atoms with E-state index in [1.54, 1.807) is 0 Å². The molecular weight excluding hydrogens is 238 g/mol. The predicted octanol–water partition coefficient (Wildman–Crippen LogP) is 2.35. The number of hydrogen-bond acceptors (Lipinski definition) is 3. The third-order valence-corrected chi connectivity index (χ3v) is 5.40. The second kappa shape index (κ2) is 4.32. The van der Waals surface area contributed by atoms with Gasteiger partial charge in [-0.25, -0.2) is 4.98 Å². The van der Waals surface area contributed by atoms with Crippen LogP contribution in [0.25, 0.3) is 0 Å². The summed E-state index contributed by atoms with van der Waals surface area (Å²) < 4.78 is 6.35. The highest BCUT2D eigenvalue weighted by molar-refractivity contribution is 5.04. The highest BCUT2D eigenvalue weighted by Gasteiger charge is 2.51. The number of nitrogens with two attached hydrogens (primary N) is 1. The number of aromatic nitrogens is 2. The molecule has 4 bridgehead atoms. The van der Waals surface area contributed by atoms with Crippen molar-refractivity contribution in [3.63, 3.8) is 0 Å². The average molecular weight is 261 g/mol. The Labute approximate surface area is 114 Å². The van der Waals surface area contributed by atoms with Crippen molar-refractivity contribution in [2.45, 2.75) is 57.3 Å². The molecule has 0 atom stereocenters. The van der Waals surface area contributed by atoms with Gasteiger partial charge in [-0.3, -0.25) is 0 Å². The molecule has 19 heavy (non-hydrogen) atoms. The molecule has 104 valence electrons. The summed E-state index contributed by atoms with van der Waals surface area (Å²) in [6, 6.07) is 0. The Bertz CT molecular complexity index is 432. The maximum Gasteiger partial charge on any atom is 0.132 e. The molecule has 0 amide bonds. The van der Waals surface area contributed by atoms with E-state index < -0.39 is 0 Å². The van der Waals surface area contributed by atoms with Crippen LogP contribution in [0.2, 0.25) is 0 Å². The molecule has 0 saturated heterocycles. The van der Waals surface area contributed by atoms with Crippen molar-refractivity contribution < 1.29 is 4.74 Å². The van der Waals surface area contributed by atoms with Gasteiger partial charge < -0.3 is 15.5 Å². The van der Waals surface area contributed by atoms with Crippen molar-refractivity contribution in [3.05, 3.63) is 17.7 Å². The Morgan fingerprint density at radius 2 is 1.84 bits per heavy atom. The normalized spacial score (nSPS) is 39.9. The molecular formula is C15H23N3O. The molecule has 4 nitrogen and oxygen atoms in total. The minimum Gasteiger partial charge on any atom is -0.367 e. The fraction of sp³-hybridized carbons (Fsp3) is 0.800. The maximum atomic E-state index is 6.35. The zero-order valence-electron chi connectivity index (χ0n) is 11.4. The molecule has 5 rings (SSSR count). The zero-order chi connectivity index (χ0) is 12.9. The second-order valence-electron chi connectivity index (χ2n) is 6.95. The number of hydrogen-bond donors (Lipinski definition) is 2. The molecule has 4 aliphatic carbocycles. The SMILES string of the molecule is NCc1cnc(COC23CC4CC(CC(C4)C2)C3)[nH]1. The van der Waals surface area contributed by atoms with Gasteiger partial charge in [0.1, 0.15) is 12.4 Å². The molecule has 0 unspecified atom stereocenters. The molecule has 3 N–H and O–H groups in total. The second-order valence-corrected chi connectivity index (χ2v) is 6.95. The van der Waals surface area contributed by atoms with Gasteiger partial charge in [0, 0.05) is 18.4 Å². The van der Waals surface area contributed by atoms with Crippen molar-refractivity contribution >= 4 is 0 Å². The number of H-pyrrole nitrogens is 1. The summed E-state index contributed by atoms with van der Waals surface area (Å²) >= 11 is 0. The van der Waals surface area contributed by atoms with E-state index >= 15 is 0 Å². The Morgan fingerprint density at radius 1 is 1.21 bits per heavy atom. The van der Waals surface area contributed by atoms with Gasteiger partial charge in [-0.15, -0.1) is 0 Å². The molecule has 0 aromatic carbocycles. The van der Waals surface area contributed by atoms with E-state index in [2.05, 4.69) is 9.97 Å². The Kier molecular flexibility index (Phi) is 2.71. The van der Waals surface area contributed by atoms with Gasteiger partial charge in [-0.05, 0) is 56.3 Å². The van der Waals surface area contributed by atoms with Crippen LogP contribution in [-0.4, -0.2) is 15.6 Å². The molecule has 4 fully saturated rings. The Balaban J connectivity index is 1.44. The number of rotatable bonds is 4. The fourth-order valence-electron chi connectivity index (χ4n) is 5.01. The molecule has 1 aromatic rings. The van der Waals surface area contributed by atoms with Gasteiger partial charge >= 0.3 is 0 Å². The number of aromatic amines is 1. The van der Waals surface area contributed by atoms with Crippen LogP contribution in [-0.2, 0) is 17.9 Å². The maximum absolute atomic E-state index is 6.35. The van der Waals surface area contributed by atoms with Crippen molar-refractivity contribution in [1.82, 2.24) is 9.97 Å². The van der Waals surface area contributed by atoms with E-state index in [-0.39, 0.29) is 5.60 Å². The Morgan fingerprint density at radius 3 is 2.37 bits per heavy atom. The number of nitrogens with zero attached hydrogens (tertiary/aromatic N) is 1. The van der Waals surface area contributed by atoms with Crippen LogP contribution >= 0.6 is 0 Å². The fourth-order valence-corrected chi connectivity index (χ4v) is 5.01. The first-order chi connectivity index (χ1) is 9.25. The van der Waals surface area contributed by atoms with Crippen molar-refractivity contribution in [1.29, 1.82) is 0 Å². The van der Waals surface area contributed by atoms with Gasteiger partial charge in [0.2, 0.25) is 0 Å². The minimum absolute atomic E-state index is 0.171. The molecule has 4 heteroatoms. The van der Waals surface area contributed by atoms with Crippen molar-refractivity contribution in [2.75, 3.05) is 0 Å². The first-order valence-corrected chi connectivity index (χ1v) is 7.61. The van der Waals surface area contributed by atoms with E-state index in [0.717, 1.165) is 29.3 Å². The van der Waals surface area contributed by atoms with Crippen LogP contribution in [0.5, 0.6) is 0 Å². The highest BCUT2D eigenvalue weighted by Crippen LogP contribution is 2.57. The molecule has 0 radical (unpaired) electrons. The summed E-state index contributed by atoms with van der Waals surface area (Å²) in [7, 11) is 0. The van der Waals surface area contributed by atoms with Crippen LogP contribution in [0.15, 0.2) is 6.20 Å².